The third-order valence-corrected chi connectivity index (χ3v) is 5.53. The van der Waals surface area contributed by atoms with Crippen LogP contribution in [0.1, 0.15) is 5.82 Å². The number of aryl methyl sites for hydroxylation is 1. The summed E-state index contributed by atoms with van der Waals surface area (Å²) < 4.78 is 30.0. The van der Waals surface area contributed by atoms with Crippen LogP contribution in [0.3, 0.4) is 0 Å². The molecule has 0 unspecified atom stereocenters. The number of nitrogens with one attached hydrogen (secondary N) is 2. The fraction of sp³-hybridized carbons (Fsp3) is 0.214. The number of nitrogens with zero attached hydrogens (tertiary/aromatic N) is 4. The summed E-state index contributed by atoms with van der Waals surface area (Å²) in [6.07, 6.45) is 0. The van der Waals surface area contributed by atoms with Gasteiger partial charge in [-0.1, -0.05) is 40.0 Å². The van der Waals surface area contributed by atoms with E-state index >= 15 is 0 Å². The molecule has 0 atom stereocenters. The molecule has 27 heavy (non-hydrogen) atoms. The quantitative estimate of drug-likeness (QED) is 0.513. The van der Waals surface area contributed by atoms with Crippen molar-refractivity contribution in [1.29, 1.82) is 0 Å². The number of aromatic nitrogens is 4. The summed E-state index contributed by atoms with van der Waals surface area (Å²) in [5, 5.41) is 17.6. The van der Waals surface area contributed by atoms with Gasteiger partial charge in [0.05, 0.1) is 5.75 Å². The van der Waals surface area contributed by atoms with Crippen LogP contribution in [-0.4, -0.2) is 37.8 Å². The monoisotopic (exact) mass is 430 g/mol. The fourth-order valence-electron chi connectivity index (χ4n) is 1.79. The molecule has 142 valence electrons. The van der Waals surface area contributed by atoms with Crippen LogP contribution in [0.4, 0.5) is 25.6 Å². The van der Waals surface area contributed by atoms with E-state index in [2.05, 4.69) is 31.0 Å². The number of alkyl halides is 2. The molecule has 2 aromatic heterocycles. The van der Waals surface area contributed by atoms with E-state index in [-0.39, 0.29) is 17.7 Å². The average Bonchev–Trinajstić information content (AvgIpc) is 3.23. The molecule has 0 spiro atoms. The van der Waals surface area contributed by atoms with Crippen molar-refractivity contribution in [3.63, 3.8) is 0 Å². The number of amides is 1. The molecule has 0 saturated heterocycles. The van der Waals surface area contributed by atoms with E-state index in [1.54, 1.807) is 31.2 Å². The molecule has 3 aromatic rings. The topological polar surface area (TPSA) is 106 Å². The number of hydrogen-bond acceptors (Lipinski definition) is 10. The minimum atomic E-state index is -2.45. The Morgan fingerprint density at radius 2 is 2.07 bits per heavy atom. The molecular formula is C14H12F2N6O2S3. The highest BCUT2D eigenvalue weighted by Crippen LogP contribution is 2.30. The van der Waals surface area contributed by atoms with Gasteiger partial charge in [0.1, 0.15) is 0 Å². The maximum atomic E-state index is 12.3. The normalized spacial score (nSPS) is 11.0. The van der Waals surface area contributed by atoms with Crippen molar-refractivity contribution >= 4 is 57.6 Å². The largest absolute Gasteiger partial charge is 0.330 e. The zero-order valence-corrected chi connectivity index (χ0v) is 16.1. The number of carbonyl (C=O) groups excluding carboxylic acids is 1. The number of halogens is 2. The summed E-state index contributed by atoms with van der Waals surface area (Å²) in [4.78, 5) is 16.2. The second-order valence-electron chi connectivity index (χ2n) is 4.88. The van der Waals surface area contributed by atoms with E-state index in [0.29, 0.717) is 37.6 Å². The molecule has 3 rings (SSSR count). The molecular weight excluding hydrogens is 418 g/mol. The van der Waals surface area contributed by atoms with Gasteiger partial charge in [-0.25, -0.2) is 0 Å². The standard InChI is InChI=1S/C14H12F2N6O2S3/c1-7-17-12(24-22-7)19-10(23)6-25-14-21-20-13(27-14)18-8-2-4-9(5-3-8)26-11(15)16/h2-5,11H,6H2,1H3,(H,18,20)(H,17,19,22,23). The predicted molar refractivity (Wildman–Crippen MR) is 99.9 cm³/mol. The third kappa shape index (κ3) is 6.15. The van der Waals surface area contributed by atoms with Crippen LogP contribution in [0, 0.1) is 6.92 Å². The smallest absolute Gasteiger partial charge is 0.328 e. The third-order valence-electron chi connectivity index (χ3n) is 2.84. The van der Waals surface area contributed by atoms with Crippen LogP contribution in [-0.2, 0) is 4.79 Å². The van der Waals surface area contributed by atoms with Crippen molar-refractivity contribution in [1.82, 2.24) is 20.3 Å². The number of benzene rings is 1. The molecule has 2 N–H and O–H groups in total. The van der Waals surface area contributed by atoms with Crippen molar-refractivity contribution < 1.29 is 18.1 Å². The summed E-state index contributed by atoms with van der Waals surface area (Å²) in [7, 11) is 0. The van der Waals surface area contributed by atoms with Crippen LogP contribution in [0.15, 0.2) is 38.0 Å². The summed E-state index contributed by atoms with van der Waals surface area (Å²) in [5.74, 6) is -2.22. The molecule has 1 amide bonds. The zero-order valence-electron chi connectivity index (χ0n) is 13.7. The number of rotatable bonds is 8. The lowest BCUT2D eigenvalue weighted by atomic mass is 10.3. The lowest BCUT2D eigenvalue weighted by molar-refractivity contribution is -0.114. The van der Waals surface area contributed by atoms with Crippen LogP contribution in [0.2, 0.25) is 0 Å². The van der Waals surface area contributed by atoms with Crippen molar-refractivity contribution in [3.8, 4) is 0 Å². The van der Waals surface area contributed by atoms with Gasteiger partial charge in [0.2, 0.25) is 11.0 Å². The minimum Gasteiger partial charge on any atom is -0.330 e. The van der Waals surface area contributed by atoms with E-state index in [1.807, 2.05) is 0 Å². The summed E-state index contributed by atoms with van der Waals surface area (Å²) in [6.45, 7) is 1.65. The number of carbonyl (C=O) groups is 1. The number of anilines is 3. The lowest BCUT2D eigenvalue weighted by Gasteiger charge is -2.03. The Bertz CT molecular complexity index is 902. The molecule has 1 aromatic carbocycles. The van der Waals surface area contributed by atoms with Gasteiger partial charge in [-0.15, -0.1) is 10.2 Å². The molecule has 13 heteroatoms. The molecule has 0 bridgehead atoms. The van der Waals surface area contributed by atoms with Gasteiger partial charge in [0.25, 0.3) is 5.76 Å². The van der Waals surface area contributed by atoms with Gasteiger partial charge >= 0.3 is 6.01 Å². The van der Waals surface area contributed by atoms with Crippen LogP contribution >= 0.6 is 34.9 Å². The highest BCUT2D eigenvalue weighted by Gasteiger charge is 2.11. The van der Waals surface area contributed by atoms with Crippen LogP contribution in [0.25, 0.3) is 0 Å². The molecule has 0 aliphatic carbocycles. The van der Waals surface area contributed by atoms with Gasteiger partial charge in [-0.05, 0) is 31.2 Å². The van der Waals surface area contributed by atoms with Crippen LogP contribution in [0.5, 0.6) is 0 Å². The number of hydrogen-bond donors (Lipinski definition) is 2. The highest BCUT2D eigenvalue weighted by atomic mass is 32.2. The number of thioether (sulfide) groups is 2. The molecule has 0 radical (unpaired) electrons. The van der Waals surface area contributed by atoms with Gasteiger partial charge in [0.15, 0.2) is 10.2 Å². The Morgan fingerprint density at radius 3 is 2.74 bits per heavy atom. The first-order chi connectivity index (χ1) is 13.0. The first kappa shape index (κ1) is 19.5. The molecule has 0 aliphatic heterocycles. The van der Waals surface area contributed by atoms with Gasteiger partial charge in [0, 0.05) is 10.6 Å². The molecule has 0 aliphatic rings. The van der Waals surface area contributed by atoms with E-state index in [9.17, 15) is 13.6 Å². The van der Waals surface area contributed by atoms with Crippen molar-refractivity contribution in [2.45, 2.75) is 21.9 Å². The average molecular weight is 430 g/mol. The molecule has 0 saturated carbocycles. The minimum absolute atomic E-state index is 0.0474. The van der Waals surface area contributed by atoms with E-state index < -0.39 is 5.76 Å². The Kier molecular flexibility index (Phi) is 6.58. The Morgan fingerprint density at radius 1 is 1.30 bits per heavy atom. The van der Waals surface area contributed by atoms with Crippen molar-refractivity contribution in [2.75, 3.05) is 16.4 Å². The SMILES string of the molecule is Cc1noc(NC(=O)CSc2nnc(Nc3ccc(SC(F)F)cc3)s2)n1. The van der Waals surface area contributed by atoms with Crippen molar-refractivity contribution in [2.24, 2.45) is 0 Å². The second-order valence-corrected chi connectivity index (χ2v) is 8.15. The Labute approximate surface area is 164 Å². The van der Waals surface area contributed by atoms with Gasteiger partial charge < -0.3 is 9.84 Å². The predicted octanol–water partition coefficient (Wildman–Crippen LogP) is 4.02. The lowest BCUT2D eigenvalue weighted by Crippen LogP contribution is -2.14. The highest BCUT2D eigenvalue weighted by molar-refractivity contribution is 8.01. The van der Waals surface area contributed by atoms with E-state index in [0.717, 1.165) is 0 Å². The van der Waals surface area contributed by atoms with Crippen molar-refractivity contribution in [3.05, 3.63) is 30.1 Å². The molecule has 0 fully saturated rings. The molecule has 8 nitrogen and oxygen atoms in total. The Balaban J connectivity index is 1.48. The van der Waals surface area contributed by atoms with E-state index in [1.165, 1.54) is 23.1 Å². The maximum Gasteiger partial charge on any atom is 0.328 e. The van der Waals surface area contributed by atoms with Gasteiger partial charge in [-0.3, -0.25) is 10.1 Å². The summed E-state index contributed by atoms with van der Waals surface area (Å²) >= 11 is 2.97. The zero-order chi connectivity index (χ0) is 19.2. The van der Waals surface area contributed by atoms with Gasteiger partial charge in [-0.2, -0.15) is 13.8 Å². The summed E-state index contributed by atoms with van der Waals surface area (Å²) in [5.41, 5.74) is 0.700. The van der Waals surface area contributed by atoms with Crippen LogP contribution < -0.4 is 10.6 Å². The maximum absolute atomic E-state index is 12.3. The molecule has 2 heterocycles. The fourth-order valence-corrected chi connectivity index (χ4v) is 3.86. The second kappa shape index (κ2) is 9.10. The first-order valence-electron chi connectivity index (χ1n) is 7.36. The summed E-state index contributed by atoms with van der Waals surface area (Å²) in [6, 6.07) is 6.60. The first-order valence-corrected chi connectivity index (χ1v) is 10.0. The van der Waals surface area contributed by atoms with E-state index in [4.69, 9.17) is 4.52 Å². The Hall–Kier alpha value is -2.25.